The first-order valence-corrected chi connectivity index (χ1v) is 5.84. The van der Waals surface area contributed by atoms with Gasteiger partial charge in [-0.1, -0.05) is 5.11 Å². The lowest BCUT2D eigenvalue weighted by Gasteiger charge is -2.23. The molecule has 1 aliphatic rings. The van der Waals surface area contributed by atoms with E-state index >= 15 is 0 Å². The van der Waals surface area contributed by atoms with Crippen LogP contribution in [-0.2, 0) is 4.74 Å². The summed E-state index contributed by atoms with van der Waals surface area (Å²) in [5.41, 5.74) is 5.82. The molecule has 0 radical (unpaired) electrons. The molecule has 108 valence electrons. The molecule has 0 amide bonds. The Bertz CT molecular complexity index is 671. The first-order valence-electron chi connectivity index (χ1n) is 5.44. The number of hydrogen-bond donors (Lipinski definition) is 3. The molecule has 1 aromatic heterocycles. The van der Waals surface area contributed by atoms with Crippen molar-refractivity contribution >= 4 is 12.2 Å². The molecule has 1 fully saturated rings. The standard InChI is InChI=1S/C9H10FN5O4S/c10-5-6(18)9(3-16,13-14-11)19-7(5)15-2-1-4(17)12-8(15)20/h1-2,5-7,16,18H,3H2,(H,12,17,20)/t5-,6?,7+,9+/m0/s1. The van der Waals surface area contributed by atoms with E-state index in [1.54, 1.807) is 0 Å². The second-order valence-corrected chi connectivity index (χ2v) is 4.49. The summed E-state index contributed by atoms with van der Waals surface area (Å²) in [6, 6.07) is 1.09. The molecule has 0 bridgehead atoms. The number of aliphatic hydroxyl groups excluding tert-OH is 2. The van der Waals surface area contributed by atoms with Gasteiger partial charge in [0.05, 0.1) is 6.61 Å². The van der Waals surface area contributed by atoms with Crippen molar-refractivity contribution in [1.29, 1.82) is 0 Å². The summed E-state index contributed by atoms with van der Waals surface area (Å²) in [5, 5.41) is 22.1. The van der Waals surface area contributed by atoms with Gasteiger partial charge in [-0.05, 0) is 17.7 Å². The van der Waals surface area contributed by atoms with Gasteiger partial charge in [0, 0.05) is 17.2 Å². The molecule has 1 saturated heterocycles. The Morgan fingerprint density at radius 1 is 1.75 bits per heavy atom. The molecule has 9 nitrogen and oxygen atoms in total. The van der Waals surface area contributed by atoms with E-state index in [0.29, 0.717) is 0 Å². The molecule has 4 atom stereocenters. The van der Waals surface area contributed by atoms with Crippen molar-refractivity contribution < 1.29 is 19.3 Å². The fourth-order valence-electron chi connectivity index (χ4n) is 1.91. The second-order valence-electron chi connectivity index (χ2n) is 4.11. The predicted molar refractivity (Wildman–Crippen MR) is 65.9 cm³/mol. The molecule has 20 heavy (non-hydrogen) atoms. The molecule has 1 aliphatic heterocycles. The Morgan fingerprint density at radius 3 is 3.00 bits per heavy atom. The van der Waals surface area contributed by atoms with Gasteiger partial charge in [-0.3, -0.25) is 14.3 Å². The molecule has 11 heteroatoms. The van der Waals surface area contributed by atoms with Crippen molar-refractivity contribution in [1.82, 2.24) is 9.55 Å². The quantitative estimate of drug-likeness (QED) is 0.315. The first kappa shape index (κ1) is 14.6. The number of halogens is 1. The Morgan fingerprint density at radius 2 is 2.45 bits per heavy atom. The summed E-state index contributed by atoms with van der Waals surface area (Å²) < 4.78 is 20.2. The number of aromatic nitrogens is 2. The zero-order valence-corrected chi connectivity index (χ0v) is 10.7. The summed E-state index contributed by atoms with van der Waals surface area (Å²) in [6.45, 7) is -0.911. The van der Waals surface area contributed by atoms with Crippen LogP contribution in [0.4, 0.5) is 4.39 Å². The van der Waals surface area contributed by atoms with Crippen molar-refractivity contribution in [2.75, 3.05) is 6.61 Å². The number of aromatic amines is 1. The Labute approximate surface area is 115 Å². The number of azide groups is 1. The van der Waals surface area contributed by atoms with E-state index < -0.39 is 36.4 Å². The van der Waals surface area contributed by atoms with E-state index in [2.05, 4.69) is 15.0 Å². The first-order chi connectivity index (χ1) is 9.45. The summed E-state index contributed by atoms with van der Waals surface area (Å²) in [4.78, 5) is 15.8. The average Bonchev–Trinajstić information content (AvgIpc) is 2.65. The maximum Gasteiger partial charge on any atom is 0.251 e. The van der Waals surface area contributed by atoms with Gasteiger partial charge in [-0.15, -0.1) is 0 Å². The van der Waals surface area contributed by atoms with Crippen LogP contribution in [0.2, 0.25) is 0 Å². The van der Waals surface area contributed by atoms with E-state index in [4.69, 9.17) is 22.5 Å². The molecule has 2 heterocycles. The van der Waals surface area contributed by atoms with Crippen molar-refractivity contribution in [3.8, 4) is 0 Å². The molecule has 2 rings (SSSR count). The van der Waals surface area contributed by atoms with Crippen molar-refractivity contribution in [3.05, 3.63) is 37.8 Å². The summed E-state index contributed by atoms with van der Waals surface area (Å²) >= 11 is 4.86. The third-order valence-electron chi connectivity index (χ3n) is 2.93. The van der Waals surface area contributed by atoms with Crippen LogP contribution in [0.3, 0.4) is 0 Å². The van der Waals surface area contributed by atoms with Crippen LogP contribution >= 0.6 is 12.2 Å². The molecule has 0 aromatic carbocycles. The largest absolute Gasteiger partial charge is 0.393 e. The highest BCUT2D eigenvalue weighted by Crippen LogP contribution is 2.39. The van der Waals surface area contributed by atoms with Gasteiger partial charge in [0.2, 0.25) is 5.72 Å². The highest BCUT2D eigenvalue weighted by molar-refractivity contribution is 7.71. The highest BCUT2D eigenvalue weighted by Gasteiger charge is 2.55. The zero-order valence-electron chi connectivity index (χ0n) is 9.88. The molecule has 0 spiro atoms. The average molecular weight is 303 g/mol. The van der Waals surface area contributed by atoms with Crippen LogP contribution in [0.15, 0.2) is 22.2 Å². The van der Waals surface area contributed by atoms with Gasteiger partial charge in [0.25, 0.3) is 5.56 Å². The maximum atomic E-state index is 14.1. The smallest absolute Gasteiger partial charge is 0.251 e. The molecule has 1 unspecified atom stereocenters. The number of H-pyrrole nitrogens is 1. The lowest BCUT2D eigenvalue weighted by atomic mass is 10.1. The predicted octanol–water partition coefficient (Wildman–Crippen LogP) is 0.133. The van der Waals surface area contributed by atoms with E-state index in [9.17, 15) is 19.4 Å². The highest BCUT2D eigenvalue weighted by atomic mass is 32.1. The normalized spacial score (nSPS) is 32.9. The maximum absolute atomic E-state index is 14.1. The number of hydrogen-bond acceptors (Lipinski definition) is 6. The fraction of sp³-hybridized carbons (Fsp3) is 0.556. The number of nitrogens with one attached hydrogen (secondary N) is 1. The molecule has 3 N–H and O–H groups in total. The minimum absolute atomic E-state index is 0.132. The lowest BCUT2D eigenvalue weighted by molar-refractivity contribution is -0.124. The van der Waals surface area contributed by atoms with Crippen LogP contribution in [0, 0.1) is 4.77 Å². The van der Waals surface area contributed by atoms with Gasteiger partial charge in [-0.25, -0.2) is 4.39 Å². The van der Waals surface area contributed by atoms with Gasteiger partial charge >= 0.3 is 0 Å². The van der Waals surface area contributed by atoms with Crippen LogP contribution in [0.5, 0.6) is 0 Å². The summed E-state index contributed by atoms with van der Waals surface area (Å²) in [6.07, 6.45) is -4.14. The minimum Gasteiger partial charge on any atom is -0.393 e. The SMILES string of the molecule is [N-]=[N+]=N[C@]1(CO)O[C@@H](n2ccc(=O)[nH]c2=S)[C@@H](F)C1O. The minimum atomic E-state index is -2.14. The van der Waals surface area contributed by atoms with E-state index in [0.717, 1.165) is 10.6 Å². The van der Waals surface area contributed by atoms with Gasteiger partial charge in [-0.2, -0.15) is 0 Å². The number of nitrogens with zero attached hydrogens (tertiary/aromatic N) is 4. The van der Waals surface area contributed by atoms with Gasteiger partial charge in [0.15, 0.2) is 17.2 Å². The topological polar surface area (TPSA) is 136 Å². The zero-order chi connectivity index (χ0) is 14.9. The monoisotopic (exact) mass is 303 g/mol. The number of aliphatic hydroxyl groups is 2. The van der Waals surface area contributed by atoms with Crippen molar-refractivity contribution in [2.24, 2.45) is 5.11 Å². The summed E-state index contributed by atoms with van der Waals surface area (Å²) in [7, 11) is 0. The van der Waals surface area contributed by atoms with Crippen molar-refractivity contribution in [3.63, 3.8) is 0 Å². The van der Waals surface area contributed by atoms with Crippen molar-refractivity contribution in [2.45, 2.75) is 24.2 Å². The van der Waals surface area contributed by atoms with E-state index in [1.165, 1.54) is 6.20 Å². The van der Waals surface area contributed by atoms with E-state index in [1.807, 2.05) is 0 Å². The summed E-state index contributed by atoms with van der Waals surface area (Å²) in [5.74, 6) is 0. The molecular formula is C9H10FN5O4S. The molecular weight excluding hydrogens is 293 g/mol. The van der Waals surface area contributed by atoms with Crippen LogP contribution in [-0.4, -0.2) is 44.4 Å². The third-order valence-corrected chi connectivity index (χ3v) is 3.24. The second kappa shape index (κ2) is 5.31. The fourth-order valence-corrected chi connectivity index (χ4v) is 2.17. The number of rotatable bonds is 3. The van der Waals surface area contributed by atoms with Crippen LogP contribution in [0.1, 0.15) is 6.23 Å². The molecule has 1 aromatic rings. The Kier molecular flexibility index (Phi) is 3.88. The van der Waals surface area contributed by atoms with E-state index in [-0.39, 0.29) is 4.77 Å². The van der Waals surface area contributed by atoms with Crippen LogP contribution < -0.4 is 5.56 Å². The lowest BCUT2D eigenvalue weighted by Crippen LogP contribution is -2.43. The number of ether oxygens (including phenoxy) is 1. The third kappa shape index (κ3) is 2.21. The van der Waals surface area contributed by atoms with Gasteiger partial charge < -0.3 is 14.9 Å². The van der Waals surface area contributed by atoms with Crippen LogP contribution in [0.25, 0.3) is 10.4 Å². The van der Waals surface area contributed by atoms with Gasteiger partial charge in [0.1, 0.15) is 6.10 Å². The Balaban J connectivity index is 2.47. The molecule has 0 saturated carbocycles. The number of alkyl halides is 1. The Hall–Kier alpha value is -1.78. The molecule has 0 aliphatic carbocycles.